The van der Waals surface area contributed by atoms with Crippen molar-refractivity contribution in [2.75, 3.05) is 6.54 Å². The lowest BCUT2D eigenvalue weighted by Crippen LogP contribution is -2.32. The third-order valence-electron chi connectivity index (χ3n) is 3.27. The fourth-order valence-electron chi connectivity index (χ4n) is 2.20. The van der Waals surface area contributed by atoms with Crippen LogP contribution in [0, 0.1) is 0 Å². The number of rotatable bonds is 4. The number of nitrogens with zero attached hydrogens (tertiary/aromatic N) is 3. The van der Waals surface area contributed by atoms with E-state index in [-0.39, 0.29) is 18.6 Å². The zero-order valence-electron chi connectivity index (χ0n) is 11.0. The van der Waals surface area contributed by atoms with E-state index in [4.69, 9.17) is 4.74 Å². The van der Waals surface area contributed by atoms with Crippen LogP contribution in [0.1, 0.15) is 18.5 Å². The minimum absolute atomic E-state index is 0.157. The summed E-state index contributed by atoms with van der Waals surface area (Å²) in [5.74, 6) is -0.211. The molecule has 1 aliphatic heterocycles. The van der Waals surface area contributed by atoms with Gasteiger partial charge in [-0.25, -0.2) is 4.68 Å². The van der Waals surface area contributed by atoms with Crippen LogP contribution in [-0.4, -0.2) is 33.5 Å². The molecule has 1 saturated heterocycles. The smallest absolute Gasteiger partial charge is 0.323 e. The van der Waals surface area contributed by atoms with E-state index in [1.54, 1.807) is 10.9 Å². The van der Waals surface area contributed by atoms with Crippen molar-refractivity contribution in [2.45, 2.75) is 25.5 Å². The van der Waals surface area contributed by atoms with Gasteiger partial charge < -0.3 is 10.1 Å². The molecule has 3 rings (SSSR count). The van der Waals surface area contributed by atoms with E-state index in [2.05, 4.69) is 15.6 Å². The lowest BCUT2D eigenvalue weighted by molar-refractivity contribution is -0.147. The fraction of sp³-hybridized carbons (Fsp3) is 0.357. The van der Waals surface area contributed by atoms with Crippen LogP contribution in [0.15, 0.2) is 36.5 Å². The molecule has 1 aliphatic rings. The standard InChI is InChI=1S/C14H16N4O2/c19-14(13-7-4-8-15-13)20-10-11-9-18(17-16-11)12-5-2-1-3-6-12/h1-3,5-6,9,13,15H,4,7-8,10H2/t13-/m0/s1. The first kappa shape index (κ1) is 12.8. The Morgan fingerprint density at radius 2 is 2.25 bits per heavy atom. The molecule has 104 valence electrons. The zero-order valence-corrected chi connectivity index (χ0v) is 11.0. The molecule has 2 heterocycles. The summed E-state index contributed by atoms with van der Waals surface area (Å²) in [4.78, 5) is 11.8. The van der Waals surface area contributed by atoms with E-state index in [0.717, 1.165) is 25.1 Å². The molecule has 1 atom stereocenters. The van der Waals surface area contributed by atoms with Crippen molar-refractivity contribution >= 4 is 5.97 Å². The van der Waals surface area contributed by atoms with E-state index < -0.39 is 0 Å². The SMILES string of the molecule is O=C(OCc1cn(-c2ccccc2)nn1)[C@@H]1CCCN1. The van der Waals surface area contributed by atoms with Crippen LogP contribution in [0.5, 0.6) is 0 Å². The van der Waals surface area contributed by atoms with Crippen molar-refractivity contribution in [3.05, 3.63) is 42.2 Å². The van der Waals surface area contributed by atoms with Crippen LogP contribution in [0.3, 0.4) is 0 Å². The Hall–Kier alpha value is -2.21. The summed E-state index contributed by atoms with van der Waals surface area (Å²) < 4.78 is 6.91. The van der Waals surface area contributed by atoms with Crippen LogP contribution in [0.4, 0.5) is 0 Å². The van der Waals surface area contributed by atoms with Gasteiger partial charge >= 0.3 is 5.97 Å². The molecule has 1 N–H and O–H groups in total. The van der Waals surface area contributed by atoms with Gasteiger partial charge in [0.2, 0.25) is 0 Å². The number of carbonyl (C=O) groups is 1. The molecule has 0 unspecified atom stereocenters. The summed E-state index contributed by atoms with van der Waals surface area (Å²) >= 11 is 0. The molecule has 6 nitrogen and oxygen atoms in total. The van der Waals surface area contributed by atoms with Gasteiger partial charge in [0.05, 0.1) is 11.9 Å². The number of benzene rings is 1. The van der Waals surface area contributed by atoms with Crippen molar-refractivity contribution in [1.82, 2.24) is 20.3 Å². The highest BCUT2D eigenvalue weighted by Crippen LogP contribution is 2.09. The minimum atomic E-state index is -0.211. The molecule has 2 aromatic rings. The summed E-state index contributed by atoms with van der Waals surface area (Å²) in [7, 11) is 0. The van der Waals surface area contributed by atoms with Gasteiger partial charge in [-0.2, -0.15) is 0 Å². The van der Waals surface area contributed by atoms with Crippen molar-refractivity contribution in [2.24, 2.45) is 0 Å². The molecule has 0 aliphatic carbocycles. The molecular weight excluding hydrogens is 256 g/mol. The Morgan fingerprint density at radius 1 is 1.40 bits per heavy atom. The van der Waals surface area contributed by atoms with Gasteiger partial charge in [-0.05, 0) is 31.5 Å². The second-order valence-electron chi connectivity index (χ2n) is 4.75. The third kappa shape index (κ3) is 2.85. The normalized spacial score (nSPS) is 18.1. The topological polar surface area (TPSA) is 69.0 Å². The van der Waals surface area contributed by atoms with Crippen molar-refractivity contribution in [3.8, 4) is 5.69 Å². The molecular formula is C14H16N4O2. The zero-order chi connectivity index (χ0) is 13.8. The molecule has 6 heteroatoms. The van der Waals surface area contributed by atoms with Crippen LogP contribution in [0.2, 0.25) is 0 Å². The van der Waals surface area contributed by atoms with Gasteiger partial charge in [-0.15, -0.1) is 5.10 Å². The van der Waals surface area contributed by atoms with Crippen LogP contribution in [0.25, 0.3) is 5.69 Å². The van der Waals surface area contributed by atoms with E-state index >= 15 is 0 Å². The largest absolute Gasteiger partial charge is 0.458 e. The second-order valence-corrected chi connectivity index (χ2v) is 4.75. The van der Waals surface area contributed by atoms with Crippen LogP contribution < -0.4 is 5.32 Å². The number of para-hydroxylation sites is 1. The van der Waals surface area contributed by atoms with Gasteiger partial charge in [-0.3, -0.25) is 4.79 Å². The number of hydrogen-bond donors (Lipinski definition) is 1. The molecule has 20 heavy (non-hydrogen) atoms. The maximum Gasteiger partial charge on any atom is 0.323 e. The van der Waals surface area contributed by atoms with Crippen molar-refractivity contribution in [3.63, 3.8) is 0 Å². The first-order valence-corrected chi connectivity index (χ1v) is 6.69. The lowest BCUT2D eigenvalue weighted by Gasteiger charge is -2.08. The molecule has 0 bridgehead atoms. The highest BCUT2D eigenvalue weighted by atomic mass is 16.5. The van der Waals surface area contributed by atoms with Gasteiger partial charge in [0.15, 0.2) is 0 Å². The summed E-state index contributed by atoms with van der Waals surface area (Å²) in [5.41, 5.74) is 1.57. The third-order valence-corrected chi connectivity index (χ3v) is 3.27. The lowest BCUT2D eigenvalue weighted by atomic mass is 10.2. The molecule has 0 radical (unpaired) electrons. The number of carbonyl (C=O) groups excluding carboxylic acids is 1. The molecule has 1 fully saturated rings. The van der Waals surface area contributed by atoms with Crippen LogP contribution >= 0.6 is 0 Å². The number of esters is 1. The predicted octanol–water partition coefficient (Wildman–Crippen LogP) is 1.06. The van der Waals surface area contributed by atoms with Crippen LogP contribution in [-0.2, 0) is 16.1 Å². The molecule has 0 saturated carbocycles. The summed E-state index contributed by atoms with van der Waals surface area (Å²) in [6, 6.07) is 9.52. The maximum absolute atomic E-state index is 11.8. The Kier molecular flexibility index (Phi) is 3.73. The Labute approximate surface area is 116 Å². The van der Waals surface area contributed by atoms with Gasteiger partial charge in [0, 0.05) is 0 Å². The molecule has 0 amide bonds. The van der Waals surface area contributed by atoms with E-state index in [9.17, 15) is 4.79 Å². The van der Waals surface area contributed by atoms with Gasteiger partial charge in [0.1, 0.15) is 18.3 Å². The number of hydrogen-bond acceptors (Lipinski definition) is 5. The first-order chi connectivity index (χ1) is 9.83. The summed E-state index contributed by atoms with van der Waals surface area (Å²) in [6.07, 6.45) is 3.63. The highest BCUT2D eigenvalue weighted by molar-refractivity contribution is 5.76. The highest BCUT2D eigenvalue weighted by Gasteiger charge is 2.23. The average molecular weight is 272 g/mol. The predicted molar refractivity (Wildman–Crippen MR) is 72.2 cm³/mol. The first-order valence-electron chi connectivity index (χ1n) is 6.69. The van der Waals surface area contributed by atoms with E-state index in [1.165, 1.54) is 0 Å². The Bertz CT molecular complexity index is 576. The Morgan fingerprint density at radius 3 is 3.00 bits per heavy atom. The molecule has 0 spiro atoms. The fourth-order valence-corrected chi connectivity index (χ4v) is 2.20. The van der Waals surface area contributed by atoms with Crippen molar-refractivity contribution in [1.29, 1.82) is 0 Å². The minimum Gasteiger partial charge on any atom is -0.458 e. The van der Waals surface area contributed by atoms with E-state index in [1.807, 2.05) is 30.3 Å². The van der Waals surface area contributed by atoms with E-state index in [0.29, 0.717) is 5.69 Å². The molecule has 1 aromatic carbocycles. The monoisotopic (exact) mass is 272 g/mol. The summed E-state index contributed by atoms with van der Waals surface area (Å²) in [6.45, 7) is 1.04. The quantitative estimate of drug-likeness (QED) is 0.843. The molecule has 1 aromatic heterocycles. The number of nitrogens with one attached hydrogen (secondary N) is 1. The van der Waals surface area contributed by atoms with Gasteiger partial charge in [0.25, 0.3) is 0 Å². The average Bonchev–Trinajstić information content (AvgIpc) is 3.17. The number of ether oxygens (including phenoxy) is 1. The second kappa shape index (κ2) is 5.83. The Balaban J connectivity index is 1.59. The number of aromatic nitrogens is 3. The van der Waals surface area contributed by atoms with Gasteiger partial charge in [-0.1, -0.05) is 23.4 Å². The van der Waals surface area contributed by atoms with Crippen molar-refractivity contribution < 1.29 is 9.53 Å². The maximum atomic E-state index is 11.8. The summed E-state index contributed by atoms with van der Waals surface area (Å²) in [5, 5.41) is 11.1.